The Balaban J connectivity index is 1.72. The number of hydrogen-bond donors (Lipinski definition) is 1. The molecule has 1 aliphatic rings. The van der Waals surface area contributed by atoms with Crippen LogP contribution in [-0.2, 0) is 11.3 Å². The molecule has 0 spiro atoms. The average molecular weight is 315 g/mol. The lowest BCUT2D eigenvalue weighted by molar-refractivity contribution is -0.131. The molecule has 6 heteroatoms. The fraction of sp³-hybridized carbons (Fsp3) is 0.471. The van der Waals surface area contributed by atoms with E-state index in [4.69, 9.17) is 0 Å². The Kier molecular flexibility index (Phi) is 4.43. The number of rotatable bonds is 4. The summed E-state index contributed by atoms with van der Waals surface area (Å²) >= 11 is 0. The number of amides is 1. The van der Waals surface area contributed by atoms with Crippen molar-refractivity contribution in [3.8, 4) is 0 Å². The maximum Gasteiger partial charge on any atom is 0.275 e. The van der Waals surface area contributed by atoms with Gasteiger partial charge in [0.15, 0.2) is 0 Å². The average Bonchev–Trinajstić information content (AvgIpc) is 2.95. The van der Waals surface area contributed by atoms with Crippen molar-refractivity contribution in [1.82, 2.24) is 14.7 Å². The molecule has 1 aliphatic carbocycles. The van der Waals surface area contributed by atoms with E-state index >= 15 is 0 Å². The summed E-state index contributed by atoms with van der Waals surface area (Å²) in [6.07, 6.45) is 4.02. The van der Waals surface area contributed by atoms with Crippen molar-refractivity contribution < 1.29 is 9.90 Å². The molecule has 2 unspecified atom stereocenters. The van der Waals surface area contributed by atoms with Crippen molar-refractivity contribution in [1.29, 1.82) is 0 Å². The van der Waals surface area contributed by atoms with Gasteiger partial charge in [-0.1, -0.05) is 24.6 Å². The number of aromatic nitrogens is 2. The molecule has 1 N–H and O–H groups in total. The summed E-state index contributed by atoms with van der Waals surface area (Å²) < 4.78 is 1.20. The van der Waals surface area contributed by atoms with Gasteiger partial charge in [0.25, 0.3) is 5.56 Å². The smallest absolute Gasteiger partial charge is 0.275 e. The van der Waals surface area contributed by atoms with Crippen LogP contribution in [0.1, 0.15) is 19.3 Å². The Bertz CT molecular complexity index is 771. The van der Waals surface area contributed by atoms with Crippen LogP contribution in [0.4, 0.5) is 0 Å². The van der Waals surface area contributed by atoms with Crippen molar-refractivity contribution in [2.45, 2.75) is 31.9 Å². The van der Waals surface area contributed by atoms with Gasteiger partial charge < -0.3 is 10.0 Å². The van der Waals surface area contributed by atoms with Crippen molar-refractivity contribution in [2.24, 2.45) is 5.92 Å². The minimum Gasteiger partial charge on any atom is -0.393 e. The Hall–Kier alpha value is -2.21. The number of carbonyl (C=O) groups excluding carboxylic acids is 1. The fourth-order valence-corrected chi connectivity index (χ4v) is 3.17. The van der Waals surface area contributed by atoms with E-state index in [1.165, 1.54) is 4.68 Å². The van der Waals surface area contributed by atoms with Crippen molar-refractivity contribution in [3.05, 3.63) is 40.8 Å². The van der Waals surface area contributed by atoms with Crippen molar-refractivity contribution in [2.75, 3.05) is 13.6 Å². The van der Waals surface area contributed by atoms with Gasteiger partial charge in [0, 0.05) is 24.9 Å². The molecule has 1 fully saturated rings. The second-order valence-electron chi connectivity index (χ2n) is 6.23. The largest absolute Gasteiger partial charge is 0.393 e. The van der Waals surface area contributed by atoms with Crippen LogP contribution in [0.2, 0.25) is 0 Å². The number of likely N-dealkylation sites (N-methyl/N-ethyl adjacent to an activating group) is 1. The van der Waals surface area contributed by atoms with Crippen LogP contribution in [0.3, 0.4) is 0 Å². The predicted molar refractivity (Wildman–Crippen MR) is 87.0 cm³/mol. The van der Waals surface area contributed by atoms with Crippen LogP contribution in [0, 0.1) is 5.92 Å². The first-order chi connectivity index (χ1) is 11.1. The first-order valence-electron chi connectivity index (χ1n) is 7.93. The normalized spacial score (nSPS) is 20.8. The molecule has 122 valence electrons. The lowest BCUT2D eigenvalue weighted by Crippen LogP contribution is -2.38. The highest BCUT2D eigenvalue weighted by atomic mass is 16.3. The molecule has 23 heavy (non-hydrogen) atoms. The van der Waals surface area contributed by atoms with Gasteiger partial charge in [0.1, 0.15) is 6.54 Å². The number of carbonyl (C=O) groups is 1. The standard InChI is InChI=1S/C17H21N3O3/c1-19(10-13-6-4-8-15(13)21)16(22)11-20-17(23)14-7-3-2-5-12(14)9-18-20/h2-3,5,7,9,13,15,21H,4,6,8,10-11H2,1H3. The zero-order valence-electron chi connectivity index (χ0n) is 13.2. The fourth-order valence-electron chi connectivity index (χ4n) is 3.17. The van der Waals surface area contributed by atoms with E-state index in [9.17, 15) is 14.7 Å². The quantitative estimate of drug-likeness (QED) is 0.914. The second kappa shape index (κ2) is 6.50. The summed E-state index contributed by atoms with van der Waals surface area (Å²) in [7, 11) is 1.71. The highest BCUT2D eigenvalue weighted by Crippen LogP contribution is 2.25. The summed E-state index contributed by atoms with van der Waals surface area (Å²) in [5, 5.41) is 15.3. The highest BCUT2D eigenvalue weighted by molar-refractivity contribution is 5.81. The summed E-state index contributed by atoms with van der Waals surface area (Å²) in [5.41, 5.74) is -0.259. The number of fused-ring (bicyclic) bond motifs is 1. The van der Waals surface area contributed by atoms with E-state index in [1.54, 1.807) is 30.3 Å². The topological polar surface area (TPSA) is 75.4 Å². The molecule has 0 radical (unpaired) electrons. The SMILES string of the molecule is CN(CC1CCCC1O)C(=O)Cn1ncc2ccccc2c1=O. The van der Waals surface area contributed by atoms with E-state index < -0.39 is 0 Å². The van der Waals surface area contributed by atoms with E-state index in [1.807, 2.05) is 12.1 Å². The molecule has 2 atom stereocenters. The van der Waals surface area contributed by atoms with Crippen LogP contribution >= 0.6 is 0 Å². The summed E-state index contributed by atoms with van der Waals surface area (Å²) in [6, 6.07) is 7.20. The van der Waals surface area contributed by atoms with Gasteiger partial charge in [0.2, 0.25) is 5.91 Å². The third kappa shape index (κ3) is 3.27. The van der Waals surface area contributed by atoms with Crippen LogP contribution < -0.4 is 5.56 Å². The molecule has 1 aromatic heterocycles. The Morgan fingerprint density at radius 1 is 1.39 bits per heavy atom. The molecule has 0 bridgehead atoms. The minimum absolute atomic E-state index is 0.0804. The third-order valence-corrected chi connectivity index (χ3v) is 4.60. The molecule has 1 heterocycles. The van der Waals surface area contributed by atoms with Gasteiger partial charge in [-0.25, -0.2) is 4.68 Å². The molecule has 2 aromatic rings. The first kappa shape index (κ1) is 15.7. The van der Waals surface area contributed by atoms with E-state index in [2.05, 4.69) is 5.10 Å². The monoisotopic (exact) mass is 315 g/mol. The van der Waals surface area contributed by atoms with Gasteiger partial charge >= 0.3 is 0 Å². The second-order valence-corrected chi connectivity index (χ2v) is 6.23. The summed E-state index contributed by atoms with van der Waals surface area (Å²) in [4.78, 5) is 26.3. The molecule has 1 aromatic carbocycles. The number of hydrogen-bond acceptors (Lipinski definition) is 4. The molecule has 0 saturated heterocycles. The Morgan fingerprint density at radius 2 is 2.17 bits per heavy atom. The first-order valence-corrected chi connectivity index (χ1v) is 7.93. The summed E-state index contributed by atoms with van der Waals surface area (Å²) in [6.45, 7) is 0.436. The number of benzene rings is 1. The van der Waals surface area contributed by atoms with Gasteiger partial charge in [0.05, 0.1) is 17.7 Å². The van der Waals surface area contributed by atoms with Crippen LogP contribution in [0.15, 0.2) is 35.3 Å². The number of nitrogens with zero attached hydrogens (tertiary/aromatic N) is 3. The van der Waals surface area contributed by atoms with E-state index in [0.29, 0.717) is 11.9 Å². The third-order valence-electron chi connectivity index (χ3n) is 4.60. The van der Waals surface area contributed by atoms with Crippen LogP contribution in [0.25, 0.3) is 10.8 Å². The lowest BCUT2D eigenvalue weighted by atomic mass is 10.1. The Labute approximate surface area is 134 Å². The van der Waals surface area contributed by atoms with Crippen LogP contribution in [0.5, 0.6) is 0 Å². The number of aliphatic hydroxyl groups excluding tert-OH is 1. The minimum atomic E-state index is -0.327. The summed E-state index contributed by atoms with van der Waals surface area (Å²) in [5.74, 6) is -0.0424. The molecule has 1 saturated carbocycles. The van der Waals surface area contributed by atoms with Gasteiger partial charge in [-0.3, -0.25) is 9.59 Å². The maximum absolute atomic E-state index is 12.4. The van der Waals surface area contributed by atoms with Gasteiger partial charge in [-0.2, -0.15) is 5.10 Å². The van der Waals surface area contributed by atoms with Gasteiger partial charge in [-0.05, 0) is 18.9 Å². The molecule has 6 nitrogen and oxygen atoms in total. The van der Waals surface area contributed by atoms with E-state index in [0.717, 1.165) is 24.6 Å². The Morgan fingerprint density at radius 3 is 2.91 bits per heavy atom. The van der Waals surface area contributed by atoms with Crippen LogP contribution in [-0.4, -0.2) is 45.4 Å². The maximum atomic E-state index is 12.4. The van der Waals surface area contributed by atoms with E-state index in [-0.39, 0.29) is 30.0 Å². The lowest BCUT2D eigenvalue weighted by Gasteiger charge is -2.23. The highest BCUT2D eigenvalue weighted by Gasteiger charge is 2.27. The predicted octanol–water partition coefficient (Wildman–Crippen LogP) is 1.02. The molecular formula is C17H21N3O3. The van der Waals surface area contributed by atoms with Crippen molar-refractivity contribution in [3.63, 3.8) is 0 Å². The molecule has 0 aliphatic heterocycles. The zero-order valence-corrected chi connectivity index (χ0v) is 13.2. The molecule has 3 rings (SSSR count). The molecular weight excluding hydrogens is 294 g/mol. The van der Waals surface area contributed by atoms with Crippen molar-refractivity contribution >= 4 is 16.7 Å². The van der Waals surface area contributed by atoms with Gasteiger partial charge in [-0.15, -0.1) is 0 Å². The molecule has 1 amide bonds. The zero-order chi connectivity index (χ0) is 16.4. The number of aliphatic hydroxyl groups is 1.